The van der Waals surface area contributed by atoms with Crippen molar-refractivity contribution in [2.75, 3.05) is 23.3 Å². The van der Waals surface area contributed by atoms with Crippen molar-refractivity contribution < 1.29 is 13.6 Å². The number of halogens is 3. The van der Waals surface area contributed by atoms with Gasteiger partial charge in [0.25, 0.3) is 5.92 Å². The summed E-state index contributed by atoms with van der Waals surface area (Å²) in [6.07, 6.45) is 1.29. The van der Waals surface area contributed by atoms with E-state index in [-0.39, 0.29) is 37.0 Å². The molecule has 0 N–H and O–H groups in total. The number of fused-ring (bicyclic) bond motifs is 1. The molecule has 0 unspecified atom stereocenters. The number of rotatable bonds is 3. The van der Waals surface area contributed by atoms with Crippen LogP contribution in [-0.4, -0.2) is 39.7 Å². The zero-order valence-corrected chi connectivity index (χ0v) is 12.8. The number of carbonyl (C=O) groups is 1. The van der Waals surface area contributed by atoms with E-state index in [9.17, 15) is 13.6 Å². The maximum absolute atomic E-state index is 13.3. The standard InChI is InChI=1S/C14H14BrF2N3O/c15-9-12(21)10-7-11-1-4-18-20(11)13(8-10)19-5-2-14(16,17)3-6-19/h1,4,7-8H,2-3,5-6,9H2. The minimum absolute atomic E-state index is 0.0395. The van der Waals surface area contributed by atoms with Gasteiger partial charge in [0.1, 0.15) is 5.82 Å². The van der Waals surface area contributed by atoms with E-state index in [4.69, 9.17) is 0 Å². The second-order valence-corrected chi connectivity index (χ2v) is 5.73. The summed E-state index contributed by atoms with van der Waals surface area (Å²) in [4.78, 5) is 13.8. The van der Waals surface area contributed by atoms with E-state index in [2.05, 4.69) is 21.0 Å². The van der Waals surface area contributed by atoms with Gasteiger partial charge in [0.15, 0.2) is 5.78 Å². The van der Waals surface area contributed by atoms with Gasteiger partial charge in [-0.15, -0.1) is 0 Å². The van der Waals surface area contributed by atoms with Crippen LogP contribution in [-0.2, 0) is 0 Å². The molecule has 0 aliphatic carbocycles. The summed E-state index contributed by atoms with van der Waals surface area (Å²) in [6.45, 7) is 0.516. The first-order valence-corrected chi connectivity index (χ1v) is 7.82. The van der Waals surface area contributed by atoms with Crippen LogP contribution in [0, 0.1) is 0 Å². The summed E-state index contributed by atoms with van der Waals surface area (Å²) in [5.41, 5.74) is 1.35. The minimum Gasteiger partial charge on any atom is -0.356 e. The van der Waals surface area contributed by atoms with Crippen molar-refractivity contribution in [2.45, 2.75) is 18.8 Å². The van der Waals surface area contributed by atoms with E-state index in [0.29, 0.717) is 11.4 Å². The quantitative estimate of drug-likeness (QED) is 0.625. The van der Waals surface area contributed by atoms with Gasteiger partial charge in [-0.3, -0.25) is 4.79 Å². The van der Waals surface area contributed by atoms with Crippen LogP contribution >= 0.6 is 15.9 Å². The summed E-state index contributed by atoms with van der Waals surface area (Å²) in [7, 11) is 0. The van der Waals surface area contributed by atoms with Crippen LogP contribution < -0.4 is 4.90 Å². The van der Waals surface area contributed by atoms with Gasteiger partial charge in [-0.1, -0.05) is 15.9 Å². The molecule has 21 heavy (non-hydrogen) atoms. The van der Waals surface area contributed by atoms with Gasteiger partial charge in [-0.05, 0) is 18.2 Å². The number of piperidine rings is 1. The van der Waals surface area contributed by atoms with Crippen LogP contribution in [0.4, 0.5) is 14.6 Å². The molecule has 0 radical (unpaired) electrons. The average molecular weight is 358 g/mol. The Morgan fingerprint density at radius 1 is 1.33 bits per heavy atom. The summed E-state index contributed by atoms with van der Waals surface area (Å²) >= 11 is 3.16. The van der Waals surface area contributed by atoms with E-state index in [1.165, 1.54) is 0 Å². The molecule has 7 heteroatoms. The molecule has 1 aliphatic rings. The van der Waals surface area contributed by atoms with Gasteiger partial charge < -0.3 is 4.90 Å². The number of anilines is 1. The number of alkyl halides is 3. The van der Waals surface area contributed by atoms with Crippen LogP contribution in [0.25, 0.3) is 5.52 Å². The number of aromatic nitrogens is 2. The molecule has 1 aliphatic heterocycles. The molecule has 3 rings (SSSR count). The third kappa shape index (κ3) is 2.79. The van der Waals surface area contributed by atoms with Crippen LogP contribution in [0.3, 0.4) is 0 Å². The summed E-state index contributed by atoms with van der Waals surface area (Å²) < 4.78 is 28.3. The van der Waals surface area contributed by atoms with Gasteiger partial charge in [0, 0.05) is 31.5 Å². The first-order chi connectivity index (χ1) is 10.00. The van der Waals surface area contributed by atoms with Crippen molar-refractivity contribution in [3.05, 3.63) is 30.0 Å². The SMILES string of the molecule is O=C(CBr)c1cc(N2CCC(F)(F)CC2)n2nccc2c1. The number of carbonyl (C=O) groups excluding carboxylic acids is 1. The predicted octanol–water partition coefficient (Wildman–Crippen LogP) is 3.15. The van der Waals surface area contributed by atoms with Gasteiger partial charge in [-0.2, -0.15) is 5.10 Å². The highest BCUT2D eigenvalue weighted by atomic mass is 79.9. The molecule has 0 amide bonds. The lowest BCUT2D eigenvalue weighted by Gasteiger charge is -2.33. The minimum atomic E-state index is -2.59. The highest BCUT2D eigenvalue weighted by molar-refractivity contribution is 9.09. The number of Topliss-reactive ketones (excluding diaryl/α,β-unsaturated/α-hetero) is 1. The topological polar surface area (TPSA) is 37.6 Å². The van der Waals surface area contributed by atoms with E-state index >= 15 is 0 Å². The van der Waals surface area contributed by atoms with Crippen LogP contribution in [0.1, 0.15) is 23.2 Å². The Morgan fingerprint density at radius 3 is 2.71 bits per heavy atom. The predicted molar refractivity (Wildman–Crippen MR) is 79.7 cm³/mol. The first kappa shape index (κ1) is 14.4. The molecular formula is C14H14BrF2N3O. The lowest BCUT2D eigenvalue weighted by Crippen LogP contribution is -2.40. The van der Waals surface area contributed by atoms with Crippen LogP contribution in [0.5, 0.6) is 0 Å². The van der Waals surface area contributed by atoms with E-state index in [1.54, 1.807) is 28.9 Å². The van der Waals surface area contributed by atoms with Crippen LogP contribution in [0.15, 0.2) is 24.4 Å². The monoisotopic (exact) mass is 357 g/mol. The fourth-order valence-electron chi connectivity index (χ4n) is 2.54. The van der Waals surface area contributed by atoms with Gasteiger partial charge in [0.05, 0.1) is 17.0 Å². The van der Waals surface area contributed by atoms with Crippen molar-refractivity contribution in [1.82, 2.24) is 9.61 Å². The molecule has 2 aromatic rings. The highest BCUT2D eigenvalue weighted by Crippen LogP contribution is 2.31. The van der Waals surface area contributed by atoms with E-state index in [1.807, 2.05) is 4.90 Å². The zero-order valence-electron chi connectivity index (χ0n) is 11.2. The smallest absolute Gasteiger partial charge is 0.251 e. The lowest BCUT2D eigenvalue weighted by atomic mass is 10.1. The fourth-order valence-corrected chi connectivity index (χ4v) is 2.87. The number of hydrogen-bond acceptors (Lipinski definition) is 3. The van der Waals surface area contributed by atoms with E-state index < -0.39 is 5.92 Å². The second kappa shape index (κ2) is 5.36. The Labute approximate surface area is 128 Å². The molecule has 0 bridgehead atoms. The molecule has 2 aromatic heterocycles. The van der Waals surface area contributed by atoms with Crippen molar-refractivity contribution in [2.24, 2.45) is 0 Å². The molecular weight excluding hydrogens is 344 g/mol. The fraction of sp³-hybridized carbons (Fsp3) is 0.429. The second-order valence-electron chi connectivity index (χ2n) is 5.17. The Bertz CT molecular complexity index is 676. The molecule has 1 fully saturated rings. The van der Waals surface area contributed by atoms with Crippen molar-refractivity contribution in [1.29, 1.82) is 0 Å². The van der Waals surface area contributed by atoms with Crippen molar-refractivity contribution >= 4 is 33.0 Å². The van der Waals surface area contributed by atoms with Gasteiger partial charge in [0.2, 0.25) is 0 Å². The molecule has 4 nitrogen and oxygen atoms in total. The van der Waals surface area contributed by atoms with Gasteiger partial charge >= 0.3 is 0 Å². The lowest BCUT2D eigenvalue weighted by molar-refractivity contribution is -0.0222. The summed E-state index contributed by atoms with van der Waals surface area (Å²) in [5.74, 6) is -1.94. The Kier molecular flexibility index (Phi) is 3.69. The number of ketones is 1. The van der Waals surface area contributed by atoms with E-state index in [0.717, 1.165) is 5.52 Å². The van der Waals surface area contributed by atoms with Crippen molar-refractivity contribution in [3.63, 3.8) is 0 Å². The number of nitrogens with zero attached hydrogens (tertiary/aromatic N) is 3. The summed E-state index contributed by atoms with van der Waals surface area (Å²) in [5, 5.41) is 4.45. The first-order valence-electron chi connectivity index (χ1n) is 6.70. The average Bonchev–Trinajstić information content (AvgIpc) is 2.94. The summed E-state index contributed by atoms with van der Waals surface area (Å²) in [6, 6.07) is 5.29. The molecule has 1 saturated heterocycles. The molecule has 3 heterocycles. The number of hydrogen-bond donors (Lipinski definition) is 0. The molecule has 0 atom stereocenters. The third-order valence-electron chi connectivity index (χ3n) is 3.74. The number of pyridine rings is 1. The molecule has 0 saturated carbocycles. The Balaban J connectivity index is 2.00. The normalized spacial score (nSPS) is 18.1. The zero-order chi connectivity index (χ0) is 15.0. The third-order valence-corrected chi connectivity index (χ3v) is 4.25. The van der Waals surface area contributed by atoms with Crippen molar-refractivity contribution in [3.8, 4) is 0 Å². The van der Waals surface area contributed by atoms with Gasteiger partial charge in [-0.25, -0.2) is 13.3 Å². The molecule has 112 valence electrons. The highest BCUT2D eigenvalue weighted by Gasteiger charge is 2.34. The molecule has 0 aromatic carbocycles. The van der Waals surface area contributed by atoms with Crippen LogP contribution in [0.2, 0.25) is 0 Å². The maximum Gasteiger partial charge on any atom is 0.251 e. The Hall–Kier alpha value is -1.50. The largest absolute Gasteiger partial charge is 0.356 e. The Morgan fingerprint density at radius 2 is 2.05 bits per heavy atom. The molecule has 0 spiro atoms. The maximum atomic E-state index is 13.3.